The van der Waals surface area contributed by atoms with Crippen molar-refractivity contribution in [1.29, 1.82) is 0 Å². The monoisotopic (exact) mass is 229 g/mol. The lowest BCUT2D eigenvalue weighted by molar-refractivity contribution is 0.760. The van der Waals surface area contributed by atoms with Gasteiger partial charge in [-0.15, -0.1) is 0 Å². The fraction of sp³-hybridized carbons (Fsp3) is 0.500. The molecular weight excluding hydrogens is 218 g/mol. The van der Waals surface area contributed by atoms with E-state index in [1.165, 1.54) is 0 Å². The molecule has 0 fully saturated rings. The van der Waals surface area contributed by atoms with Crippen LogP contribution in [0.3, 0.4) is 0 Å². The van der Waals surface area contributed by atoms with E-state index in [9.17, 15) is 0 Å². The molecule has 0 atom stereocenters. The lowest BCUT2D eigenvalue weighted by Crippen LogP contribution is -2.04. The molecule has 12 heavy (non-hydrogen) atoms. The fourth-order valence-corrected chi connectivity index (χ4v) is 1.26. The number of hydrogen-bond donors (Lipinski definition) is 1. The molecule has 0 spiro atoms. The molecule has 3 nitrogen and oxygen atoms in total. The van der Waals surface area contributed by atoms with Crippen LogP contribution in [0.1, 0.15) is 31.2 Å². The summed E-state index contributed by atoms with van der Waals surface area (Å²) in [5.41, 5.74) is 6.41. The normalized spacial score (nSPS) is 10.8. The van der Waals surface area contributed by atoms with Crippen molar-refractivity contribution in [3.8, 4) is 0 Å². The average molecular weight is 230 g/mol. The van der Waals surface area contributed by atoms with E-state index in [1.807, 2.05) is 0 Å². The second-order valence-electron chi connectivity index (χ2n) is 2.90. The van der Waals surface area contributed by atoms with Crippen LogP contribution < -0.4 is 5.73 Å². The Morgan fingerprint density at radius 3 is 2.67 bits per heavy atom. The summed E-state index contributed by atoms with van der Waals surface area (Å²) < 4.78 is 0.809. The van der Waals surface area contributed by atoms with E-state index in [0.29, 0.717) is 12.5 Å². The van der Waals surface area contributed by atoms with E-state index in [0.717, 1.165) is 16.0 Å². The number of halogens is 1. The Balaban J connectivity index is 3.02. The predicted octanol–water partition coefficient (Wildman–Crippen LogP) is 1.82. The maximum Gasteiger partial charge on any atom is 0.132 e. The third-order valence-corrected chi connectivity index (χ3v) is 2.25. The summed E-state index contributed by atoms with van der Waals surface area (Å²) in [5, 5.41) is 0. The van der Waals surface area contributed by atoms with Crippen molar-refractivity contribution < 1.29 is 0 Å². The second kappa shape index (κ2) is 3.96. The zero-order chi connectivity index (χ0) is 9.14. The number of nitrogens with two attached hydrogens (primary N) is 1. The molecule has 0 amide bonds. The first-order valence-electron chi connectivity index (χ1n) is 3.86. The summed E-state index contributed by atoms with van der Waals surface area (Å²) >= 11 is 3.34. The van der Waals surface area contributed by atoms with Gasteiger partial charge in [0, 0.05) is 24.2 Å². The third-order valence-electron chi connectivity index (χ3n) is 1.57. The summed E-state index contributed by atoms with van der Waals surface area (Å²) in [7, 11) is 0. The summed E-state index contributed by atoms with van der Waals surface area (Å²) in [6.07, 6.45) is 1.77. The third kappa shape index (κ3) is 2.01. The highest BCUT2D eigenvalue weighted by Gasteiger charge is 2.05. The van der Waals surface area contributed by atoms with Gasteiger partial charge in [0.2, 0.25) is 0 Å². The van der Waals surface area contributed by atoms with Crippen molar-refractivity contribution in [3.05, 3.63) is 22.2 Å². The Bertz CT molecular complexity index is 273. The van der Waals surface area contributed by atoms with E-state index in [-0.39, 0.29) is 0 Å². The van der Waals surface area contributed by atoms with Gasteiger partial charge in [0.1, 0.15) is 10.4 Å². The first-order valence-corrected chi connectivity index (χ1v) is 4.65. The SMILES string of the molecule is CC(C)c1ncc(CN)c(Br)n1. The second-order valence-corrected chi connectivity index (χ2v) is 3.65. The minimum Gasteiger partial charge on any atom is -0.326 e. The first-order chi connectivity index (χ1) is 5.65. The molecule has 0 saturated carbocycles. The van der Waals surface area contributed by atoms with E-state index >= 15 is 0 Å². The lowest BCUT2D eigenvalue weighted by atomic mass is 10.2. The van der Waals surface area contributed by atoms with Gasteiger partial charge in [0.15, 0.2) is 0 Å². The van der Waals surface area contributed by atoms with Crippen LogP contribution in [0.15, 0.2) is 10.8 Å². The lowest BCUT2D eigenvalue weighted by Gasteiger charge is -2.05. The summed E-state index contributed by atoms with van der Waals surface area (Å²) in [6.45, 7) is 4.59. The number of aromatic nitrogens is 2. The molecule has 0 aliphatic rings. The Kier molecular flexibility index (Phi) is 3.17. The number of hydrogen-bond acceptors (Lipinski definition) is 3. The molecule has 1 rings (SSSR count). The van der Waals surface area contributed by atoms with Crippen molar-refractivity contribution >= 4 is 15.9 Å². The van der Waals surface area contributed by atoms with Crippen LogP contribution in [0, 0.1) is 0 Å². The number of nitrogens with zero attached hydrogens (tertiary/aromatic N) is 2. The Morgan fingerprint density at radius 2 is 2.25 bits per heavy atom. The molecule has 0 saturated heterocycles. The van der Waals surface area contributed by atoms with E-state index in [1.54, 1.807) is 6.20 Å². The molecule has 1 aromatic rings. The van der Waals surface area contributed by atoms with Crippen molar-refractivity contribution in [2.45, 2.75) is 26.3 Å². The molecule has 66 valence electrons. The molecule has 0 bridgehead atoms. The summed E-state index contributed by atoms with van der Waals surface area (Å²) in [6, 6.07) is 0. The van der Waals surface area contributed by atoms with E-state index in [2.05, 4.69) is 39.7 Å². The van der Waals surface area contributed by atoms with Crippen LogP contribution in [0.4, 0.5) is 0 Å². The van der Waals surface area contributed by atoms with Gasteiger partial charge >= 0.3 is 0 Å². The minimum absolute atomic E-state index is 0.355. The zero-order valence-corrected chi connectivity index (χ0v) is 8.80. The molecule has 2 N–H and O–H groups in total. The largest absolute Gasteiger partial charge is 0.326 e. The van der Waals surface area contributed by atoms with Crippen molar-refractivity contribution in [3.63, 3.8) is 0 Å². The molecule has 0 aromatic carbocycles. The summed E-state index contributed by atoms with van der Waals surface area (Å²) in [4.78, 5) is 8.46. The summed E-state index contributed by atoms with van der Waals surface area (Å²) in [5.74, 6) is 1.20. The van der Waals surface area contributed by atoms with Crippen LogP contribution in [0.2, 0.25) is 0 Å². The molecule has 1 aromatic heterocycles. The van der Waals surface area contributed by atoms with Crippen LogP contribution in [0.5, 0.6) is 0 Å². The maximum absolute atomic E-state index is 5.47. The predicted molar refractivity (Wildman–Crippen MR) is 51.7 cm³/mol. The standard InChI is InChI=1S/C8H12BrN3/c1-5(2)8-11-4-6(3-10)7(9)12-8/h4-5H,3,10H2,1-2H3. The molecule has 0 unspecified atom stereocenters. The highest BCUT2D eigenvalue weighted by Crippen LogP contribution is 2.15. The topological polar surface area (TPSA) is 51.8 Å². The van der Waals surface area contributed by atoms with Crippen LogP contribution in [-0.4, -0.2) is 9.97 Å². The van der Waals surface area contributed by atoms with Gasteiger partial charge in [0.25, 0.3) is 0 Å². The molecule has 0 aliphatic carbocycles. The van der Waals surface area contributed by atoms with Gasteiger partial charge < -0.3 is 5.73 Å². The van der Waals surface area contributed by atoms with Crippen LogP contribution in [-0.2, 0) is 6.54 Å². The quantitative estimate of drug-likeness (QED) is 0.788. The highest BCUT2D eigenvalue weighted by atomic mass is 79.9. The minimum atomic E-state index is 0.355. The van der Waals surface area contributed by atoms with Gasteiger partial charge in [-0.05, 0) is 15.9 Å². The fourth-order valence-electron chi connectivity index (χ4n) is 0.814. The maximum atomic E-state index is 5.47. The molecular formula is C8H12BrN3. The van der Waals surface area contributed by atoms with Crippen molar-refractivity contribution in [1.82, 2.24) is 9.97 Å². The molecule has 0 radical (unpaired) electrons. The van der Waals surface area contributed by atoms with E-state index < -0.39 is 0 Å². The Hall–Kier alpha value is -0.480. The smallest absolute Gasteiger partial charge is 0.132 e. The first kappa shape index (κ1) is 9.61. The van der Waals surface area contributed by atoms with Gasteiger partial charge in [-0.25, -0.2) is 9.97 Å². The molecule has 1 heterocycles. The van der Waals surface area contributed by atoms with E-state index in [4.69, 9.17) is 5.73 Å². The van der Waals surface area contributed by atoms with Gasteiger partial charge in [0.05, 0.1) is 0 Å². The van der Waals surface area contributed by atoms with Crippen molar-refractivity contribution in [2.24, 2.45) is 5.73 Å². The average Bonchev–Trinajstić information content (AvgIpc) is 2.04. The van der Waals surface area contributed by atoms with Gasteiger partial charge in [-0.2, -0.15) is 0 Å². The zero-order valence-electron chi connectivity index (χ0n) is 7.21. The number of rotatable bonds is 2. The van der Waals surface area contributed by atoms with Crippen LogP contribution in [0.25, 0.3) is 0 Å². The highest BCUT2D eigenvalue weighted by molar-refractivity contribution is 9.10. The molecule has 0 aliphatic heterocycles. The van der Waals surface area contributed by atoms with Crippen molar-refractivity contribution in [2.75, 3.05) is 0 Å². The molecule has 4 heteroatoms. The Labute approximate surface area is 80.5 Å². The van der Waals surface area contributed by atoms with Crippen LogP contribution >= 0.6 is 15.9 Å². The van der Waals surface area contributed by atoms with Gasteiger partial charge in [-0.3, -0.25) is 0 Å². The van der Waals surface area contributed by atoms with Gasteiger partial charge in [-0.1, -0.05) is 13.8 Å². The Morgan fingerprint density at radius 1 is 1.58 bits per heavy atom.